The van der Waals surface area contributed by atoms with E-state index in [1.54, 1.807) is 11.3 Å². The van der Waals surface area contributed by atoms with Gasteiger partial charge >= 0.3 is 0 Å². The van der Waals surface area contributed by atoms with Crippen molar-refractivity contribution >= 4 is 17.3 Å². The summed E-state index contributed by atoms with van der Waals surface area (Å²) in [6.07, 6.45) is 5.00. The van der Waals surface area contributed by atoms with E-state index in [0.29, 0.717) is 12.5 Å². The molecule has 1 aromatic rings. The molecule has 0 atom stereocenters. The zero-order valence-corrected chi connectivity index (χ0v) is 10.7. The zero-order valence-electron chi connectivity index (χ0n) is 9.91. The smallest absolute Gasteiger partial charge is 0.188 e. The van der Waals surface area contributed by atoms with Gasteiger partial charge < -0.3 is 11.1 Å². The third-order valence-corrected chi connectivity index (χ3v) is 3.08. The molecule has 1 rings (SSSR count). The van der Waals surface area contributed by atoms with Crippen molar-refractivity contribution in [2.45, 2.75) is 39.2 Å². The molecular formula is C12H21N3S. The number of nitrogens with zero attached hydrogens (tertiary/aromatic N) is 1. The van der Waals surface area contributed by atoms with Crippen LogP contribution in [0.1, 0.15) is 38.2 Å². The van der Waals surface area contributed by atoms with Gasteiger partial charge in [0.1, 0.15) is 0 Å². The van der Waals surface area contributed by atoms with Crippen molar-refractivity contribution in [3.8, 4) is 0 Å². The maximum Gasteiger partial charge on any atom is 0.188 e. The predicted octanol–water partition coefficient (Wildman–Crippen LogP) is 2.73. The van der Waals surface area contributed by atoms with Crippen LogP contribution < -0.4 is 11.1 Å². The lowest BCUT2D eigenvalue weighted by atomic mass is 10.2. The molecule has 0 saturated carbocycles. The van der Waals surface area contributed by atoms with E-state index >= 15 is 0 Å². The summed E-state index contributed by atoms with van der Waals surface area (Å²) in [5, 5.41) is 7.29. The molecule has 0 radical (unpaired) electrons. The van der Waals surface area contributed by atoms with Gasteiger partial charge in [0, 0.05) is 6.54 Å². The van der Waals surface area contributed by atoms with Gasteiger partial charge in [-0.1, -0.05) is 26.2 Å². The molecule has 0 aliphatic heterocycles. The van der Waals surface area contributed by atoms with Crippen LogP contribution in [0.3, 0.4) is 0 Å². The Bertz CT molecular complexity index is 293. The summed E-state index contributed by atoms with van der Waals surface area (Å²) >= 11 is 1.69. The van der Waals surface area contributed by atoms with Crippen LogP contribution in [0, 0.1) is 0 Å². The maximum atomic E-state index is 5.75. The predicted molar refractivity (Wildman–Crippen MR) is 71.8 cm³/mol. The molecule has 3 nitrogen and oxygen atoms in total. The minimum atomic E-state index is 0.558. The molecule has 0 aliphatic carbocycles. The largest absolute Gasteiger partial charge is 0.370 e. The Balaban J connectivity index is 2.09. The number of thiophene rings is 1. The molecule has 0 fully saturated rings. The lowest BCUT2D eigenvalue weighted by Gasteiger charge is -2.04. The van der Waals surface area contributed by atoms with Crippen LogP contribution in [-0.4, -0.2) is 12.5 Å². The summed E-state index contributed by atoms with van der Waals surface area (Å²) in [5.74, 6) is 0.558. The normalized spacial score (nSPS) is 11.7. The SMILES string of the molecule is CCCCCCNC(N)=NCc1ccsc1. The Hall–Kier alpha value is -1.03. The molecule has 1 aromatic heterocycles. The van der Waals surface area contributed by atoms with Crippen LogP contribution in [-0.2, 0) is 6.54 Å². The molecule has 1 heterocycles. The molecule has 3 N–H and O–H groups in total. The topological polar surface area (TPSA) is 50.4 Å². The average Bonchev–Trinajstić information content (AvgIpc) is 2.79. The summed E-state index contributed by atoms with van der Waals surface area (Å²) < 4.78 is 0. The number of rotatable bonds is 7. The number of nitrogens with one attached hydrogen (secondary N) is 1. The third-order valence-electron chi connectivity index (χ3n) is 2.35. The van der Waals surface area contributed by atoms with Crippen molar-refractivity contribution in [1.29, 1.82) is 0 Å². The third kappa shape index (κ3) is 5.75. The van der Waals surface area contributed by atoms with E-state index in [9.17, 15) is 0 Å². The molecule has 90 valence electrons. The number of aliphatic imine (C=N–C) groups is 1. The number of guanidine groups is 1. The van der Waals surface area contributed by atoms with Crippen LogP contribution in [0.15, 0.2) is 21.8 Å². The fourth-order valence-corrected chi connectivity index (χ4v) is 2.04. The minimum Gasteiger partial charge on any atom is -0.370 e. The first-order valence-corrected chi connectivity index (χ1v) is 6.82. The Kier molecular flexibility index (Phi) is 6.65. The standard InChI is InChI=1S/C12H21N3S/c1-2-3-4-5-7-14-12(13)15-9-11-6-8-16-10-11/h6,8,10H,2-5,7,9H2,1H3,(H3,13,14,15). The molecule has 0 amide bonds. The highest BCUT2D eigenvalue weighted by Crippen LogP contribution is 2.06. The van der Waals surface area contributed by atoms with E-state index in [1.807, 2.05) is 0 Å². The van der Waals surface area contributed by atoms with E-state index in [2.05, 4.69) is 34.1 Å². The number of unbranched alkanes of at least 4 members (excludes halogenated alkanes) is 3. The van der Waals surface area contributed by atoms with Crippen molar-refractivity contribution in [1.82, 2.24) is 5.32 Å². The van der Waals surface area contributed by atoms with Gasteiger partial charge in [0.05, 0.1) is 6.54 Å². The number of nitrogens with two attached hydrogens (primary N) is 1. The molecule has 0 aromatic carbocycles. The minimum absolute atomic E-state index is 0.558. The van der Waals surface area contributed by atoms with Crippen molar-refractivity contribution in [3.63, 3.8) is 0 Å². The van der Waals surface area contributed by atoms with Crippen LogP contribution >= 0.6 is 11.3 Å². The molecule has 0 bridgehead atoms. The molecule has 0 aliphatic rings. The highest BCUT2D eigenvalue weighted by Gasteiger charge is 1.93. The highest BCUT2D eigenvalue weighted by molar-refractivity contribution is 7.07. The van der Waals surface area contributed by atoms with Gasteiger partial charge in [0.15, 0.2) is 5.96 Å². The average molecular weight is 239 g/mol. The summed E-state index contributed by atoms with van der Waals surface area (Å²) in [6, 6.07) is 2.07. The van der Waals surface area contributed by atoms with E-state index in [4.69, 9.17) is 5.73 Å². The molecule has 4 heteroatoms. The van der Waals surface area contributed by atoms with Crippen LogP contribution in [0.2, 0.25) is 0 Å². The Morgan fingerprint density at radius 1 is 1.44 bits per heavy atom. The summed E-state index contributed by atoms with van der Waals surface area (Å²) in [4.78, 5) is 4.27. The van der Waals surface area contributed by atoms with Gasteiger partial charge in [-0.05, 0) is 28.8 Å². The fraction of sp³-hybridized carbons (Fsp3) is 0.583. The maximum absolute atomic E-state index is 5.75. The van der Waals surface area contributed by atoms with E-state index in [0.717, 1.165) is 6.54 Å². The first kappa shape index (κ1) is 13.0. The molecule has 0 saturated heterocycles. The monoisotopic (exact) mass is 239 g/mol. The molecule has 16 heavy (non-hydrogen) atoms. The Morgan fingerprint density at radius 3 is 3.00 bits per heavy atom. The Labute approximate surface area is 102 Å². The summed E-state index contributed by atoms with van der Waals surface area (Å²) in [5.41, 5.74) is 6.97. The first-order valence-electron chi connectivity index (χ1n) is 5.87. The second kappa shape index (κ2) is 8.16. The van der Waals surface area contributed by atoms with Gasteiger partial charge in [-0.25, -0.2) is 4.99 Å². The fourth-order valence-electron chi connectivity index (χ4n) is 1.38. The van der Waals surface area contributed by atoms with Crippen molar-refractivity contribution in [2.24, 2.45) is 10.7 Å². The van der Waals surface area contributed by atoms with E-state index < -0.39 is 0 Å². The van der Waals surface area contributed by atoms with Crippen molar-refractivity contribution in [2.75, 3.05) is 6.54 Å². The second-order valence-corrected chi connectivity index (χ2v) is 4.60. The zero-order chi connectivity index (χ0) is 11.6. The first-order chi connectivity index (χ1) is 7.83. The summed E-state index contributed by atoms with van der Waals surface area (Å²) in [7, 11) is 0. The Morgan fingerprint density at radius 2 is 2.31 bits per heavy atom. The lowest BCUT2D eigenvalue weighted by Crippen LogP contribution is -2.32. The molecule has 0 spiro atoms. The van der Waals surface area contributed by atoms with Crippen molar-refractivity contribution in [3.05, 3.63) is 22.4 Å². The van der Waals surface area contributed by atoms with Gasteiger partial charge in [-0.3, -0.25) is 0 Å². The number of hydrogen-bond donors (Lipinski definition) is 2. The van der Waals surface area contributed by atoms with Crippen LogP contribution in [0.5, 0.6) is 0 Å². The van der Waals surface area contributed by atoms with Gasteiger partial charge in [-0.15, -0.1) is 0 Å². The molecular weight excluding hydrogens is 218 g/mol. The van der Waals surface area contributed by atoms with Gasteiger partial charge in [-0.2, -0.15) is 11.3 Å². The summed E-state index contributed by atoms with van der Waals surface area (Å²) in [6.45, 7) is 3.82. The van der Waals surface area contributed by atoms with Gasteiger partial charge in [0.2, 0.25) is 0 Å². The second-order valence-electron chi connectivity index (χ2n) is 3.82. The van der Waals surface area contributed by atoms with E-state index in [1.165, 1.54) is 31.2 Å². The van der Waals surface area contributed by atoms with Crippen molar-refractivity contribution < 1.29 is 0 Å². The van der Waals surface area contributed by atoms with Crippen LogP contribution in [0.25, 0.3) is 0 Å². The van der Waals surface area contributed by atoms with Crippen LogP contribution in [0.4, 0.5) is 0 Å². The highest BCUT2D eigenvalue weighted by atomic mass is 32.1. The number of hydrogen-bond acceptors (Lipinski definition) is 2. The lowest BCUT2D eigenvalue weighted by molar-refractivity contribution is 0.652. The quantitative estimate of drug-likeness (QED) is 0.437. The van der Waals surface area contributed by atoms with Gasteiger partial charge in [0.25, 0.3) is 0 Å². The van der Waals surface area contributed by atoms with E-state index in [-0.39, 0.29) is 0 Å². The molecule has 0 unspecified atom stereocenters.